The summed E-state index contributed by atoms with van der Waals surface area (Å²) < 4.78 is 3.81. The summed E-state index contributed by atoms with van der Waals surface area (Å²) >= 11 is 0. The number of hydrogen-bond acceptors (Lipinski definition) is 0. The van der Waals surface area contributed by atoms with Crippen molar-refractivity contribution in [3.8, 4) is 0 Å². The Hall–Kier alpha value is -1.15. The van der Waals surface area contributed by atoms with Crippen LogP contribution in [0.3, 0.4) is 0 Å². The SMILES string of the molecule is CC[N+](CC)(CC)CCC[N+]1=C(C)C(C)(C)c2ccccc21. The van der Waals surface area contributed by atoms with Gasteiger partial charge in [-0.1, -0.05) is 18.2 Å². The predicted molar refractivity (Wildman–Crippen MR) is 96.3 cm³/mol. The molecule has 1 heterocycles. The van der Waals surface area contributed by atoms with E-state index in [1.54, 1.807) is 0 Å². The van der Waals surface area contributed by atoms with Gasteiger partial charge in [-0.15, -0.1) is 0 Å². The first-order valence-corrected chi connectivity index (χ1v) is 8.98. The lowest BCUT2D eigenvalue weighted by Crippen LogP contribution is -2.48. The van der Waals surface area contributed by atoms with Crippen molar-refractivity contribution in [3.05, 3.63) is 29.8 Å². The quantitative estimate of drug-likeness (QED) is 0.520. The van der Waals surface area contributed by atoms with Crippen LogP contribution in [0, 0.1) is 0 Å². The van der Waals surface area contributed by atoms with Crippen LogP contribution in [0.1, 0.15) is 53.5 Å². The molecule has 0 aromatic heterocycles. The zero-order valence-corrected chi connectivity index (χ0v) is 15.4. The lowest BCUT2D eigenvalue weighted by molar-refractivity contribution is -0.924. The van der Waals surface area contributed by atoms with E-state index < -0.39 is 0 Å². The number of quaternary nitrogens is 1. The number of rotatable bonds is 7. The van der Waals surface area contributed by atoms with Crippen molar-refractivity contribution in [2.24, 2.45) is 0 Å². The van der Waals surface area contributed by atoms with Crippen LogP contribution in [0.4, 0.5) is 5.69 Å². The van der Waals surface area contributed by atoms with Gasteiger partial charge in [0.05, 0.1) is 38.0 Å². The maximum Gasteiger partial charge on any atom is 0.209 e. The first kappa shape index (κ1) is 17.2. The summed E-state index contributed by atoms with van der Waals surface area (Å²) in [6.45, 7) is 20.2. The Bertz CT molecular complexity index is 542. The average Bonchev–Trinajstić information content (AvgIpc) is 2.73. The highest BCUT2D eigenvalue weighted by Crippen LogP contribution is 2.39. The molecular weight excluding hydrogens is 268 g/mol. The van der Waals surface area contributed by atoms with Crippen LogP contribution in [-0.2, 0) is 5.41 Å². The van der Waals surface area contributed by atoms with Crippen molar-refractivity contribution < 1.29 is 9.06 Å². The second-order valence-corrected chi connectivity index (χ2v) is 7.25. The lowest BCUT2D eigenvalue weighted by atomic mass is 9.82. The Labute approximate surface area is 137 Å². The molecule has 0 radical (unpaired) electrons. The third kappa shape index (κ3) is 2.86. The van der Waals surface area contributed by atoms with Crippen molar-refractivity contribution in [3.63, 3.8) is 0 Å². The summed E-state index contributed by atoms with van der Waals surface area (Å²) in [4.78, 5) is 0. The van der Waals surface area contributed by atoms with E-state index in [1.165, 1.54) is 54.0 Å². The molecule has 1 aliphatic heterocycles. The van der Waals surface area contributed by atoms with E-state index in [2.05, 4.69) is 70.4 Å². The molecule has 1 aromatic carbocycles. The number of hydrogen-bond donors (Lipinski definition) is 0. The molecule has 0 amide bonds. The van der Waals surface area contributed by atoms with Gasteiger partial charge >= 0.3 is 0 Å². The summed E-state index contributed by atoms with van der Waals surface area (Å²) in [5.41, 5.74) is 4.57. The van der Waals surface area contributed by atoms with Gasteiger partial charge in [0.2, 0.25) is 5.69 Å². The monoisotopic (exact) mass is 302 g/mol. The Morgan fingerprint density at radius 2 is 1.59 bits per heavy atom. The zero-order chi connectivity index (χ0) is 16.4. The highest BCUT2D eigenvalue weighted by molar-refractivity contribution is 5.93. The summed E-state index contributed by atoms with van der Waals surface area (Å²) in [7, 11) is 0. The highest BCUT2D eigenvalue weighted by atomic mass is 15.3. The normalized spacial score (nSPS) is 17.0. The molecule has 0 saturated carbocycles. The van der Waals surface area contributed by atoms with E-state index in [0.29, 0.717) is 0 Å². The summed E-state index contributed by atoms with van der Waals surface area (Å²) in [6.07, 6.45) is 1.26. The van der Waals surface area contributed by atoms with Gasteiger partial charge in [-0.25, -0.2) is 0 Å². The third-order valence-electron chi connectivity index (χ3n) is 6.20. The first-order chi connectivity index (χ1) is 10.4. The standard InChI is InChI=1S/C20H34N2/c1-7-22(8-2,9-3)16-12-15-21-17(4)20(5,6)18-13-10-11-14-19(18)21/h10-11,13-14H,7-9,12,15-16H2,1-6H3/q+2. The van der Waals surface area contributed by atoms with E-state index in [4.69, 9.17) is 0 Å². The second kappa shape index (κ2) is 6.54. The van der Waals surface area contributed by atoms with Gasteiger partial charge in [-0.05, 0) is 34.6 Å². The van der Waals surface area contributed by atoms with Gasteiger partial charge in [0.25, 0.3) is 0 Å². The molecule has 122 valence electrons. The van der Waals surface area contributed by atoms with E-state index in [0.717, 1.165) is 6.54 Å². The number of fused-ring (bicyclic) bond motifs is 1. The summed E-state index contributed by atoms with van der Waals surface area (Å²) in [5, 5.41) is 0. The molecule has 0 unspecified atom stereocenters. The molecule has 2 heteroatoms. The van der Waals surface area contributed by atoms with Gasteiger partial charge < -0.3 is 4.48 Å². The first-order valence-electron chi connectivity index (χ1n) is 8.98. The fraction of sp³-hybridized carbons (Fsp3) is 0.650. The van der Waals surface area contributed by atoms with E-state index in [9.17, 15) is 0 Å². The third-order valence-corrected chi connectivity index (χ3v) is 6.20. The van der Waals surface area contributed by atoms with Crippen molar-refractivity contribution in [2.45, 2.75) is 53.4 Å². The fourth-order valence-electron chi connectivity index (χ4n) is 3.95. The second-order valence-electron chi connectivity index (χ2n) is 7.25. The molecule has 2 nitrogen and oxygen atoms in total. The fourth-order valence-corrected chi connectivity index (χ4v) is 3.95. The lowest BCUT2D eigenvalue weighted by Gasteiger charge is -2.35. The van der Waals surface area contributed by atoms with Crippen LogP contribution < -0.4 is 0 Å². The van der Waals surface area contributed by atoms with Crippen LogP contribution in [0.5, 0.6) is 0 Å². The topological polar surface area (TPSA) is 3.01 Å². The van der Waals surface area contributed by atoms with Gasteiger partial charge in [-0.3, -0.25) is 0 Å². The smallest absolute Gasteiger partial charge is 0.209 e. The molecule has 0 spiro atoms. The molecule has 0 aliphatic carbocycles. The molecule has 0 fully saturated rings. The molecule has 0 atom stereocenters. The minimum Gasteiger partial charge on any atom is -0.324 e. The van der Waals surface area contributed by atoms with Gasteiger partial charge in [0.1, 0.15) is 0 Å². The largest absolute Gasteiger partial charge is 0.324 e. The maximum absolute atomic E-state index is 2.56. The number of nitrogens with zero attached hydrogens (tertiary/aromatic N) is 2. The zero-order valence-electron chi connectivity index (χ0n) is 15.4. The molecule has 0 N–H and O–H groups in total. The summed E-state index contributed by atoms with van der Waals surface area (Å²) in [5.74, 6) is 0. The van der Waals surface area contributed by atoms with Crippen molar-refractivity contribution in [1.29, 1.82) is 0 Å². The van der Waals surface area contributed by atoms with Crippen LogP contribution in [0.2, 0.25) is 0 Å². The Kier molecular flexibility index (Phi) is 5.11. The van der Waals surface area contributed by atoms with Gasteiger partial charge in [0.15, 0.2) is 12.3 Å². The Morgan fingerprint density at radius 1 is 1.00 bits per heavy atom. The molecule has 1 aromatic rings. The Morgan fingerprint density at radius 3 is 2.18 bits per heavy atom. The average molecular weight is 303 g/mol. The predicted octanol–water partition coefficient (Wildman–Crippen LogP) is 4.35. The highest BCUT2D eigenvalue weighted by Gasteiger charge is 2.42. The summed E-state index contributed by atoms with van der Waals surface area (Å²) in [6, 6.07) is 8.92. The van der Waals surface area contributed by atoms with E-state index >= 15 is 0 Å². The maximum atomic E-state index is 2.56. The van der Waals surface area contributed by atoms with Crippen LogP contribution in [-0.4, -0.2) is 47.5 Å². The number of para-hydroxylation sites is 1. The molecule has 22 heavy (non-hydrogen) atoms. The van der Waals surface area contributed by atoms with Gasteiger partial charge in [-0.2, -0.15) is 4.58 Å². The van der Waals surface area contributed by atoms with Crippen LogP contribution in [0.25, 0.3) is 0 Å². The van der Waals surface area contributed by atoms with Gasteiger partial charge in [0, 0.05) is 18.6 Å². The van der Waals surface area contributed by atoms with Crippen LogP contribution in [0.15, 0.2) is 24.3 Å². The van der Waals surface area contributed by atoms with Crippen molar-refractivity contribution in [2.75, 3.05) is 32.7 Å². The van der Waals surface area contributed by atoms with E-state index in [1.807, 2.05) is 0 Å². The van der Waals surface area contributed by atoms with Crippen LogP contribution >= 0.6 is 0 Å². The molecule has 2 rings (SSSR count). The molecule has 0 bridgehead atoms. The molecular formula is C20H34N2+2. The van der Waals surface area contributed by atoms with Crippen molar-refractivity contribution >= 4 is 11.4 Å². The Balaban J connectivity index is 2.15. The number of benzene rings is 1. The van der Waals surface area contributed by atoms with Crippen molar-refractivity contribution in [1.82, 2.24) is 0 Å². The molecule has 0 saturated heterocycles. The minimum atomic E-state index is 0.169. The molecule has 1 aliphatic rings. The van der Waals surface area contributed by atoms with E-state index in [-0.39, 0.29) is 5.41 Å². The minimum absolute atomic E-state index is 0.169.